The summed E-state index contributed by atoms with van der Waals surface area (Å²) in [7, 11) is 0. The number of nitrogens with zero attached hydrogens (tertiary/aromatic N) is 1. The maximum absolute atomic E-state index is 14.2. The first-order chi connectivity index (χ1) is 8.95. The van der Waals surface area contributed by atoms with Crippen molar-refractivity contribution in [3.63, 3.8) is 0 Å². The van der Waals surface area contributed by atoms with E-state index in [-0.39, 0.29) is 11.2 Å². The first-order valence-corrected chi connectivity index (χ1v) is 6.92. The Bertz CT molecular complexity index is 434. The van der Waals surface area contributed by atoms with Gasteiger partial charge in [0.1, 0.15) is 17.3 Å². The van der Waals surface area contributed by atoms with Crippen molar-refractivity contribution in [1.29, 1.82) is 0 Å². The Labute approximate surface area is 113 Å². The minimum atomic E-state index is -0.456. The lowest BCUT2D eigenvalue weighted by Gasteiger charge is -2.34. The number of hydrogen-bond acceptors (Lipinski definition) is 2. The van der Waals surface area contributed by atoms with Gasteiger partial charge in [-0.1, -0.05) is 6.92 Å². The predicted molar refractivity (Wildman–Crippen MR) is 74.4 cm³/mol. The zero-order valence-electron chi connectivity index (χ0n) is 11.9. The van der Waals surface area contributed by atoms with Gasteiger partial charge in [0.15, 0.2) is 0 Å². The van der Waals surface area contributed by atoms with Gasteiger partial charge in [0.25, 0.3) is 0 Å². The van der Waals surface area contributed by atoms with Gasteiger partial charge in [-0.15, -0.1) is 0 Å². The summed E-state index contributed by atoms with van der Waals surface area (Å²) in [4.78, 5) is 1.86. The summed E-state index contributed by atoms with van der Waals surface area (Å²) in [6, 6.07) is 2.88. The van der Waals surface area contributed by atoms with Crippen LogP contribution < -0.4 is 10.2 Å². The van der Waals surface area contributed by atoms with Crippen LogP contribution in [0.3, 0.4) is 0 Å². The Kier molecular flexibility index (Phi) is 4.09. The van der Waals surface area contributed by atoms with Gasteiger partial charge in [0.05, 0.1) is 0 Å². The fraction of sp³-hybridized carbons (Fsp3) is 0.600. The average Bonchev–Trinajstić information content (AvgIpc) is 2.66. The maximum Gasteiger partial charge on any atom is 0.149 e. The van der Waals surface area contributed by atoms with E-state index in [2.05, 4.69) is 5.32 Å². The topological polar surface area (TPSA) is 15.3 Å². The summed E-state index contributed by atoms with van der Waals surface area (Å²) >= 11 is 0. The largest absolute Gasteiger partial charge is 0.362 e. The summed E-state index contributed by atoms with van der Waals surface area (Å²) in [5.41, 5.74) is 0.602. The fourth-order valence-electron chi connectivity index (χ4n) is 2.77. The van der Waals surface area contributed by atoms with Crippen molar-refractivity contribution in [2.24, 2.45) is 0 Å². The lowest BCUT2D eigenvalue weighted by molar-refractivity contribution is 0.490. The minimum Gasteiger partial charge on any atom is -0.362 e. The third-order valence-electron chi connectivity index (χ3n) is 3.83. The highest BCUT2D eigenvalue weighted by atomic mass is 19.1. The molecule has 0 aromatic heterocycles. The van der Waals surface area contributed by atoms with Gasteiger partial charge in [-0.2, -0.15) is 0 Å². The normalized spacial score (nSPS) is 18.1. The smallest absolute Gasteiger partial charge is 0.149 e. The highest BCUT2D eigenvalue weighted by Gasteiger charge is 2.35. The average molecular weight is 268 g/mol. The molecule has 1 N–H and O–H groups in total. The zero-order valence-corrected chi connectivity index (χ0v) is 11.9. The first kappa shape index (κ1) is 14.3. The van der Waals surface area contributed by atoms with E-state index in [9.17, 15) is 8.78 Å². The number of nitrogens with one attached hydrogen (secondary N) is 1. The van der Waals surface area contributed by atoms with E-state index in [0.717, 1.165) is 19.4 Å². The van der Waals surface area contributed by atoms with Gasteiger partial charge in [0, 0.05) is 18.6 Å². The molecule has 0 saturated carbocycles. The molecule has 19 heavy (non-hydrogen) atoms. The molecule has 0 unspecified atom stereocenters. The van der Waals surface area contributed by atoms with Crippen LogP contribution in [0.4, 0.5) is 14.5 Å². The van der Waals surface area contributed by atoms with Crippen molar-refractivity contribution in [3.05, 3.63) is 29.3 Å². The van der Waals surface area contributed by atoms with Crippen molar-refractivity contribution in [1.82, 2.24) is 5.32 Å². The van der Waals surface area contributed by atoms with Crippen LogP contribution >= 0.6 is 0 Å². The quantitative estimate of drug-likeness (QED) is 0.899. The molecule has 0 amide bonds. The van der Waals surface area contributed by atoms with Crippen molar-refractivity contribution >= 4 is 5.69 Å². The Balaban J connectivity index is 2.31. The number of anilines is 1. The van der Waals surface area contributed by atoms with E-state index in [1.165, 1.54) is 12.1 Å². The summed E-state index contributed by atoms with van der Waals surface area (Å²) in [6.07, 6.45) is 1.94. The van der Waals surface area contributed by atoms with Gasteiger partial charge in [-0.3, -0.25) is 0 Å². The second-order valence-electron chi connectivity index (χ2n) is 5.76. The summed E-state index contributed by atoms with van der Waals surface area (Å²) < 4.78 is 28.4. The van der Waals surface area contributed by atoms with Gasteiger partial charge < -0.3 is 10.2 Å². The van der Waals surface area contributed by atoms with Gasteiger partial charge in [-0.05, 0) is 50.9 Å². The molecule has 1 aromatic rings. The molecule has 0 atom stereocenters. The van der Waals surface area contributed by atoms with Crippen LogP contribution in [0.2, 0.25) is 0 Å². The number of halogens is 2. The highest BCUT2D eigenvalue weighted by molar-refractivity contribution is 5.53. The van der Waals surface area contributed by atoms with Crippen LogP contribution in [0, 0.1) is 11.6 Å². The molecule has 1 aliphatic rings. The van der Waals surface area contributed by atoms with Crippen LogP contribution in [-0.2, 0) is 6.54 Å². The number of benzene rings is 1. The molecule has 0 radical (unpaired) electrons. The molecule has 1 saturated heterocycles. The molecule has 0 spiro atoms. The lowest BCUT2D eigenvalue weighted by atomic mass is 10.0. The second kappa shape index (κ2) is 5.45. The molecule has 0 aliphatic carbocycles. The fourth-order valence-corrected chi connectivity index (χ4v) is 2.77. The van der Waals surface area contributed by atoms with Crippen molar-refractivity contribution in [3.8, 4) is 0 Å². The third-order valence-corrected chi connectivity index (χ3v) is 3.83. The molecule has 1 fully saturated rings. The first-order valence-electron chi connectivity index (χ1n) is 6.92. The van der Waals surface area contributed by atoms with Crippen molar-refractivity contribution in [2.45, 2.75) is 45.7 Å². The molecule has 106 valence electrons. The summed E-state index contributed by atoms with van der Waals surface area (Å²) in [6.45, 7) is 8.02. The van der Waals surface area contributed by atoms with E-state index in [4.69, 9.17) is 0 Å². The van der Waals surface area contributed by atoms with E-state index in [0.29, 0.717) is 18.7 Å². The Hall–Kier alpha value is -1.16. The Morgan fingerprint density at radius 3 is 2.37 bits per heavy atom. The molecular formula is C15H22F2N2. The van der Waals surface area contributed by atoms with Crippen LogP contribution in [0.1, 0.15) is 39.2 Å². The summed E-state index contributed by atoms with van der Waals surface area (Å²) in [5.74, 6) is -0.911. The van der Waals surface area contributed by atoms with Gasteiger partial charge in [0.2, 0.25) is 0 Å². The van der Waals surface area contributed by atoms with Crippen LogP contribution in [0.25, 0.3) is 0 Å². The van der Waals surface area contributed by atoms with Crippen molar-refractivity contribution < 1.29 is 8.78 Å². The maximum atomic E-state index is 14.2. The van der Waals surface area contributed by atoms with E-state index >= 15 is 0 Å². The zero-order chi connectivity index (χ0) is 14.0. The standard InChI is InChI=1S/C15H22F2N2/c1-4-18-10-11-8-12(16)14(13(17)9-11)19-7-5-6-15(19,2)3/h8-9,18H,4-7,10H2,1-3H3. The molecule has 0 bridgehead atoms. The third kappa shape index (κ3) is 2.89. The summed E-state index contributed by atoms with van der Waals surface area (Å²) in [5, 5.41) is 3.08. The number of rotatable bonds is 4. The minimum absolute atomic E-state index is 0.128. The van der Waals surface area contributed by atoms with Gasteiger partial charge >= 0.3 is 0 Å². The molecule has 1 aromatic carbocycles. The van der Waals surface area contributed by atoms with E-state index < -0.39 is 11.6 Å². The molecule has 1 heterocycles. The van der Waals surface area contributed by atoms with E-state index in [1.54, 1.807) is 0 Å². The van der Waals surface area contributed by atoms with Crippen molar-refractivity contribution in [2.75, 3.05) is 18.0 Å². The molecule has 1 aliphatic heterocycles. The monoisotopic (exact) mass is 268 g/mol. The van der Waals surface area contributed by atoms with Crippen LogP contribution in [0.15, 0.2) is 12.1 Å². The highest BCUT2D eigenvalue weighted by Crippen LogP contribution is 2.37. The van der Waals surface area contributed by atoms with Crippen LogP contribution in [-0.4, -0.2) is 18.6 Å². The second-order valence-corrected chi connectivity index (χ2v) is 5.76. The Morgan fingerprint density at radius 1 is 1.26 bits per heavy atom. The predicted octanol–water partition coefficient (Wildman–Crippen LogP) is 3.45. The van der Waals surface area contributed by atoms with Gasteiger partial charge in [-0.25, -0.2) is 8.78 Å². The van der Waals surface area contributed by atoms with Crippen LogP contribution in [0.5, 0.6) is 0 Å². The molecular weight excluding hydrogens is 246 g/mol. The number of hydrogen-bond donors (Lipinski definition) is 1. The van der Waals surface area contributed by atoms with E-state index in [1.807, 2.05) is 25.7 Å². The molecule has 2 rings (SSSR count). The molecule has 2 nitrogen and oxygen atoms in total. The Morgan fingerprint density at radius 2 is 1.89 bits per heavy atom. The lowest BCUT2D eigenvalue weighted by Crippen LogP contribution is -2.39. The molecule has 4 heteroatoms. The SMILES string of the molecule is CCNCc1cc(F)c(N2CCCC2(C)C)c(F)c1.